The van der Waals surface area contributed by atoms with Crippen LogP contribution in [0, 0.1) is 0 Å². The van der Waals surface area contributed by atoms with Crippen molar-refractivity contribution in [3.63, 3.8) is 0 Å². The summed E-state index contributed by atoms with van der Waals surface area (Å²) in [6.45, 7) is 1.07. The Balaban J connectivity index is 1.87. The molecule has 1 aliphatic rings. The Morgan fingerprint density at radius 3 is 2.42 bits per heavy atom. The fourth-order valence-electron chi connectivity index (χ4n) is 2.94. The van der Waals surface area contributed by atoms with Gasteiger partial charge >= 0.3 is 0 Å². The third-order valence-corrected chi connectivity index (χ3v) is 8.19. The lowest BCUT2D eigenvalue weighted by Crippen LogP contribution is -2.40. The van der Waals surface area contributed by atoms with Crippen LogP contribution < -0.4 is 9.62 Å². The highest BCUT2D eigenvalue weighted by Crippen LogP contribution is 2.26. The molecule has 1 heterocycles. The number of sulfonamides is 2. The second-order valence-corrected chi connectivity index (χ2v) is 11.3. The minimum atomic E-state index is -3.80. The van der Waals surface area contributed by atoms with E-state index < -0.39 is 26.0 Å². The molecule has 168 valence electrons. The van der Waals surface area contributed by atoms with Crippen LogP contribution in [-0.2, 0) is 24.8 Å². The van der Waals surface area contributed by atoms with Crippen molar-refractivity contribution < 1.29 is 26.4 Å². The number of amides is 1. The Kier molecular flexibility index (Phi) is 6.92. The van der Waals surface area contributed by atoms with Crippen molar-refractivity contribution in [1.29, 1.82) is 0 Å². The van der Waals surface area contributed by atoms with Gasteiger partial charge in [0.2, 0.25) is 20.0 Å². The van der Waals surface area contributed by atoms with E-state index in [9.17, 15) is 21.6 Å². The molecular weight excluding hydrogens is 466 g/mol. The second-order valence-electron chi connectivity index (χ2n) is 6.89. The lowest BCUT2D eigenvalue weighted by Gasteiger charge is -2.26. The summed E-state index contributed by atoms with van der Waals surface area (Å²) < 4.78 is 56.8. The average Bonchev–Trinajstić information content (AvgIpc) is 2.73. The molecule has 9 nitrogen and oxygen atoms in total. The van der Waals surface area contributed by atoms with Gasteiger partial charge in [-0.05, 0) is 36.4 Å². The van der Waals surface area contributed by atoms with E-state index in [1.54, 1.807) is 18.2 Å². The summed E-state index contributed by atoms with van der Waals surface area (Å²) >= 11 is 6.16. The summed E-state index contributed by atoms with van der Waals surface area (Å²) in [5.74, 6) is -0.622. The molecule has 12 heteroatoms. The molecule has 0 saturated carbocycles. The first kappa shape index (κ1) is 23.5. The number of nitrogens with zero attached hydrogens (tertiary/aromatic N) is 2. The number of nitrogens with one attached hydrogen (secondary N) is 1. The topological polar surface area (TPSA) is 113 Å². The van der Waals surface area contributed by atoms with Crippen LogP contribution >= 0.6 is 11.6 Å². The summed E-state index contributed by atoms with van der Waals surface area (Å²) in [6.07, 6.45) is 1.07. The van der Waals surface area contributed by atoms with Crippen LogP contribution in [0.15, 0.2) is 47.4 Å². The zero-order valence-electron chi connectivity index (χ0n) is 16.9. The number of anilines is 2. The van der Waals surface area contributed by atoms with Gasteiger partial charge in [-0.1, -0.05) is 17.7 Å². The van der Waals surface area contributed by atoms with E-state index in [-0.39, 0.29) is 28.6 Å². The lowest BCUT2D eigenvalue weighted by molar-refractivity contribution is 0.0730. The number of hydrogen-bond donors (Lipinski definition) is 1. The number of carbonyl (C=O) groups excluding carboxylic acids is 1. The van der Waals surface area contributed by atoms with E-state index in [1.807, 2.05) is 0 Å². The van der Waals surface area contributed by atoms with E-state index in [1.165, 1.54) is 35.6 Å². The van der Waals surface area contributed by atoms with Crippen LogP contribution in [0.5, 0.6) is 0 Å². The summed E-state index contributed by atoms with van der Waals surface area (Å²) in [4.78, 5) is 12.8. The van der Waals surface area contributed by atoms with Gasteiger partial charge in [-0.25, -0.2) is 16.8 Å². The standard InChI is InChI=1S/C19H22ClN3O6S2/c1-22(30(2,25)26)15-5-3-4-14(12-15)21-19(24)17-13-16(6-7-18(17)20)31(27,28)23-8-10-29-11-9-23/h3-7,12-13H,8-11H2,1-2H3,(H,21,24). The van der Waals surface area contributed by atoms with Gasteiger partial charge in [-0.2, -0.15) is 4.31 Å². The normalized spacial score (nSPS) is 15.5. The first-order valence-corrected chi connectivity index (χ1v) is 12.9. The molecule has 2 aromatic rings. The van der Waals surface area contributed by atoms with Crippen molar-refractivity contribution >= 4 is 48.9 Å². The Morgan fingerprint density at radius 2 is 1.77 bits per heavy atom. The third kappa shape index (κ3) is 5.36. The first-order chi connectivity index (χ1) is 14.5. The number of rotatable bonds is 6. The number of morpholine rings is 1. The maximum absolute atomic E-state index is 12.9. The maximum Gasteiger partial charge on any atom is 0.257 e. The van der Waals surface area contributed by atoms with Crippen LogP contribution in [0.2, 0.25) is 5.02 Å². The number of carbonyl (C=O) groups is 1. The Morgan fingerprint density at radius 1 is 1.10 bits per heavy atom. The van der Waals surface area contributed by atoms with Gasteiger partial charge in [0.25, 0.3) is 5.91 Å². The third-order valence-electron chi connectivity index (χ3n) is 4.76. The molecular formula is C19H22ClN3O6S2. The molecule has 31 heavy (non-hydrogen) atoms. The van der Waals surface area contributed by atoms with Gasteiger partial charge in [0, 0.05) is 25.8 Å². The van der Waals surface area contributed by atoms with Crippen molar-refractivity contribution in [2.45, 2.75) is 4.90 Å². The highest BCUT2D eigenvalue weighted by atomic mass is 35.5. The summed E-state index contributed by atoms with van der Waals surface area (Å²) in [7, 11) is -5.88. The van der Waals surface area contributed by atoms with Crippen molar-refractivity contribution in [2.75, 3.05) is 49.2 Å². The van der Waals surface area contributed by atoms with Gasteiger partial charge < -0.3 is 10.1 Å². The predicted molar refractivity (Wildman–Crippen MR) is 119 cm³/mol. The van der Waals surface area contributed by atoms with Crippen molar-refractivity contribution in [2.24, 2.45) is 0 Å². The fourth-order valence-corrected chi connectivity index (χ4v) is 5.08. The molecule has 3 rings (SSSR count). The van der Waals surface area contributed by atoms with Crippen LogP contribution in [0.25, 0.3) is 0 Å². The van der Waals surface area contributed by atoms with E-state index in [4.69, 9.17) is 16.3 Å². The number of halogens is 1. The van der Waals surface area contributed by atoms with Crippen LogP contribution in [0.3, 0.4) is 0 Å². The molecule has 0 atom stereocenters. The van der Waals surface area contributed by atoms with Crippen molar-refractivity contribution in [3.05, 3.63) is 53.1 Å². The maximum atomic E-state index is 12.9. The van der Waals surface area contributed by atoms with E-state index in [2.05, 4.69) is 5.32 Å². The molecule has 2 aromatic carbocycles. The molecule has 0 spiro atoms. The second kappa shape index (κ2) is 9.13. The largest absolute Gasteiger partial charge is 0.379 e. The number of ether oxygens (including phenoxy) is 1. The molecule has 1 aliphatic heterocycles. The molecule has 0 unspecified atom stereocenters. The zero-order valence-corrected chi connectivity index (χ0v) is 19.3. The van der Waals surface area contributed by atoms with Crippen molar-refractivity contribution in [3.8, 4) is 0 Å². The quantitative estimate of drug-likeness (QED) is 0.666. The lowest BCUT2D eigenvalue weighted by atomic mass is 10.2. The molecule has 1 amide bonds. The molecule has 0 radical (unpaired) electrons. The smallest absolute Gasteiger partial charge is 0.257 e. The summed E-state index contributed by atoms with van der Waals surface area (Å²) in [6, 6.07) is 10.2. The highest BCUT2D eigenvalue weighted by Gasteiger charge is 2.27. The molecule has 0 aliphatic carbocycles. The Hall–Kier alpha value is -2.18. The van der Waals surface area contributed by atoms with Gasteiger partial charge in [-0.15, -0.1) is 0 Å². The molecule has 1 N–H and O–H groups in total. The minimum absolute atomic E-state index is 0.0159. The number of benzene rings is 2. The van der Waals surface area contributed by atoms with Gasteiger partial charge in [0.05, 0.1) is 40.6 Å². The summed E-state index contributed by atoms with van der Waals surface area (Å²) in [5.41, 5.74) is 0.670. The highest BCUT2D eigenvalue weighted by molar-refractivity contribution is 7.92. The molecule has 0 aromatic heterocycles. The Bertz CT molecular complexity index is 1190. The van der Waals surface area contributed by atoms with E-state index >= 15 is 0 Å². The minimum Gasteiger partial charge on any atom is -0.379 e. The van der Waals surface area contributed by atoms with Crippen molar-refractivity contribution in [1.82, 2.24) is 4.31 Å². The van der Waals surface area contributed by atoms with Gasteiger partial charge in [0.1, 0.15) is 0 Å². The molecule has 1 saturated heterocycles. The Labute approximate surface area is 186 Å². The van der Waals surface area contributed by atoms with Crippen LogP contribution in [0.1, 0.15) is 10.4 Å². The first-order valence-electron chi connectivity index (χ1n) is 9.23. The molecule has 1 fully saturated rings. The predicted octanol–water partition coefficient (Wildman–Crippen LogP) is 2.01. The zero-order chi connectivity index (χ0) is 22.8. The van der Waals surface area contributed by atoms with Crippen LogP contribution in [-0.4, -0.2) is 66.7 Å². The number of hydrogen-bond acceptors (Lipinski definition) is 6. The average molecular weight is 488 g/mol. The summed E-state index contributed by atoms with van der Waals surface area (Å²) in [5, 5.41) is 2.72. The van der Waals surface area contributed by atoms with E-state index in [0.29, 0.717) is 24.6 Å². The molecule has 0 bridgehead atoms. The van der Waals surface area contributed by atoms with E-state index in [0.717, 1.165) is 10.6 Å². The monoisotopic (exact) mass is 487 g/mol. The fraction of sp³-hybridized carbons (Fsp3) is 0.316. The SMILES string of the molecule is CN(c1cccc(NC(=O)c2cc(S(=O)(=O)N3CCOCC3)ccc2Cl)c1)S(C)(=O)=O. The van der Waals surface area contributed by atoms with Crippen LogP contribution in [0.4, 0.5) is 11.4 Å². The van der Waals surface area contributed by atoms with Gasteiger partial charge in [0.15, 0.2) is 0 Å². The van der Waals surface area contributed by atoms with Gasteiger partial charge in [-0.3, -0.25) is 9.10 Å².